The molecule has 2 aromatic carbocycles. The highest BCUT2D eigenvalue weighted by molar-refractivity contribution is 5.58. The lowest BCUT2D eigenvalue weighted by atomic mass is 10.2. The Bertz CT molecular complexity index is 894. The maximum absolute atomic E-state index is 5.82. The second kappa shape index (κ2) is 7.35. The number of fused-ring (bicyclic) bond motifs is 1. The smallest absolute Gasteiger partial charge is 0.322 e. The second-order valence-electron chi connectivity index (χ2n) is 5.80. The van der Waals surface area contributed by atoms with E-state index in [-0.39, 0.29) is 0 Å². The van der Waals surface area contributed by atoms with E-state index in [4.69, 9.17) is 18.7 Å². The molecule has 0 saturated carbocycles. The third-order valence-electron chi connectivity index (χ3n) is 4.04. The van der Waals surface area contributed by atoms with Crippen LogP contribution in [-0.4, -0.2) is 30.5 Å². The molecule has 1 aliphatic rings. The van der Waals surface area contributed by atoms with Crippen LogP contribution in [0.4, 0.5) is 6.01 Å². The van der Waals surface area contributed by atoms with Gasteiger partial charge >= 0.3 is 6.01 Å². The first kappa shape index (κ1) is 16.3. The molecule has 1 aromatic heterocycles. The normalized spacial score (nSPS) is 13.1. The molecule has 7 heteroatoms. The average molecular weight is 353 g/mol. The van der Waals surface area contributed by atoms with Gasteiger partial charge in [0.25, 0.3) is 0 Å². The van der Waals surface area contributed by atoms with E-state index >= 15 is 0 Å². The van der Waals surface area contributed by atoms with Crippen LogP contribution in [0.1, 0.15) is 12.0 Å². The maximum atomic E-state index is 5.82. The molecule has 0 atom stereocenters. The van der Waals surface area contributed by atoms with Crippen LogP contribution < -0.4 is 19.5 Å². The Morgan fingerprint density at radius 3 is 2.92 bits per heavy atom. The summed E-state index contributed by atoms with van der Waals surface area (Å²) < 4.78 is 22.1. The summed E-state index contributed by atoms with van der Waals surface area (Å²) in [6, 6.07) is 13.7. The number of hydrogen-bond acceptors (Lipinski definition) is 7. The van der Waals surface area contributed by atoms with E-state index < -0.39 is 0 Å². The molecule has 7 nitrogen and oxygen atoms in total. The van der Waals surface area contributed by atoms with Crippen LogP contribution >= 0.6 is 0 Å². The second-order valence-corrected chi connectivity index (χ2v) is 5.80. The Morgan fingerprint density at radius 2 is 2.00 bits per heavy atom. The lowest BCUT2D eigenvalue weighted by Gasteiger charge is -2.12. The lowest BCUT2D eigenvalue weighted by Crippen LogP contribution is -2.03. The number of para-hydroxylation sites is 1. The van der Waals surface area contributed by atoms with Crippen molar-refractivity contribution in [2.75, 3.05) is 25.6 Å². The summed E-state index contributed by atoms with van der Waals surface area (Å²) in [7, 11) is 1.62. The zero-order valence-electron chi connectivity index (χ0n) is 14.4. The molecular formula is C19H19N3O4. The number of benzene rings is 2. The topological polar surface area (TPSA) is 78.6 Å². The van der Waals surface area contributed by atoms with Crippen molar-refractivity contribution < 1.29 is 18.7 Å². The van der Waals surface area contributed by atoms with E-state index in [1.165, 1.54) is 0 Å². The summed E-state index contributed by atoms with van der Waals surface area (Å²) >= 11 is 0. The number of rotatable bonds is 5. The number of hydrogen-bond donors (Lipinski definition) is 1. The molecule has 0 spiro atoms. The van der Waals surface area contributed by atoms with Gasteiger partial charge in [-0.25, -0.2) is 0 Å². The van der Waals surface area contributed by atoms with Gasteiger partial charge in [-0.2, -0.15) is 4.98 Å². The van der Waals surface area contributed by atoms with Gasteiger partial charge in [-0.3, -0.25) is 0 Å². The number of ether oxygens (including phenoxy) is 3. The molecule has 134 valence electrons. The SMILES string of the molecule is COc1cccc(-c2noc(NCc3cccc4c3OCCCO4)n2)c1. The zero-order chi connectivity index (χ0) is 17.8. The molecular weight excluding hydrogens is 334 g/mol. The molecule has 3 aromatic rings. The molecule has 0 unspecified atom stereocenters. The molecule has 1 N–H and O–H groups in total. The van der Waals surface area contributed by atoms with E-state index in [1.54, 1.807) is 7.11 Å². The summed E-state index contributed by atoms with van der Waals surface area (Å²) in [6.07, 6.45) is 0.870. The molecule has 2 heterocycles. The third kappa shape index (κ3) is 3.42. The molecule has 0 saturated heterocycles. The van der Waals surface area contributed by atoms with Crippen molar-refractivity contribution in [2.24, 2.45) is 0 Å². The van der Waals surface area contributed by atoms with Crippen molar-refractivity contribution in [2.45, 2.75) is 13.0 Å². The van der Waals surface area contributed by atoms with Gasteiger partial charge in [-0.15, -0.1) is 0 Å². The van der Waals surface area contributed by atoms with Crippen LogP contribution in [0.5, 0.6) is 17.2 Å². The summed E-state index contributed by atoms with van der Waals surface area (Å²) in [6.45, 7) is 1.80. The van der Waals surface area contributed by atoms with E-state index in [0.717, 1.165) is 34.8 Å². The Balaban J connectivity index is 1.49. The van der Waals surface area contributed by atoms with Gasteiger partial charge < -0.3 is 24.1 Å². The average Bonchev–Trinajstić information content (AvgIpc) is 3.03. The minimum atomic E-state index is 0.343. The molecule has 0 radical (unpaired) electrons. The third-order valence-corrected chi connectivity index (χ3v) is 4.04. The molecule has 0 bridgehead atoms. The summed E-state index contributed by atoms with van der Waals surface area (Å²) in [5.74, 6) is 2.78. The van der Waals surface area contributed by atoms with Crippen LogP contribution in [0.3, 0.4) is 0 Å². The fraction of sp³-hybridized carbons (Fsp3) is 0.263. The van der Waals surface area contributed by atoms with Gasteiger partial charge in [-0.05, 0) is 18.2 Å². The zero-order valence-corrected chi connectivity index (χ0v) is 14.4. The van der Waals surface area contributed by atoms with Crippen LogP contribution in [0.25, 0.3) is 11.4 Å². The van der Waals surface area contributed by atoms with E-state index in [9.17, 15) is 0 Å². The minimum absolute atomic E-state index is 0.343. The molecule has 4 rings (SSSR count). The predicted molar refractivity (Wildman–Crippen MR) is 95.7 cm³/mol. The summed E-state index contributed by atoms with van der Waals surface area (Å²) in [4.78, 5) is 4.39. The molecule has 0 fully saturated rings. The van der Waals surface area contributed by atoms with Crippen molar-refractivity contribution in [1.29, 1.82) is 0 Å². The largest absolute Gasteiger partial charge is 0.497 e. The van der Waals surface area contributed by atoms with E-state index in [2.05, 4.69) is 15.5 Å². The highest BCUT2D eigenvalue weighted by atomic mass is 16.5. The molecule has 0 amide bonds. The van der Waals surface area contributed by atoms with Crippen molar-refractivity contribution >= 4 is 6.01 Å². The van der Waals surface area contributed by atoms with Crippen LogP contribution in [0.2, 0.25) is 0 Å². The first-order chi connectivity index (χ1) is 12.8. The molecule has 0 aliphatic carbocycles. The van der Waals surface area contributed by atoms with Gasteiger partial charge in [-0.1, -0.05) is 29.4 Å². The van der Waals surface area contributed by atoms with Gasteiger partial charge in [0.15, 0.2) is 11.5 Å². The van der Waals surface area contributed by atoms with E-state index in [1.807, 2.05) is 42.5 Å². The number of aromatic nitrogens is 2. The highest BCUT2D eigenvalue weighted by Crippen LogP contribution is 2.33. The van der Waals surface area contributed by atoms with E-state index in [0.29, 0.717) is 31.6 Å². The maximum Gasteiger partial charge on any atom is 0.322 e. The van der Waals surface area contributed by atoms with Crippen LogP contribution in [-0.2, 0) is 6.54 Å². The van der Waals surface area contributed by atoms with Gasteiger partial charge in [0, 0.05) is 24.1 Å². The first-order valence-corrected chi connectivity index (χ1v) is 8.43. The summed E-state index contributed by atoms with van der Waals surface area (Å²) in [5, 5.41) is 7.16. The molecule has 1 aliphatic heterocycles. The standard InChI is InChI=1S/C19H19N3O4/c1-23-15-7-2-5-13(11-15)18-21-19(26-22-18)20-12-14-6-3-8-16-17(14)25-10-4-9-24-16/h2-3,5-8,11H,4,9-10,12H2,1H3,(H,20,21,22). The predicted octanol–water partition coefficient (Wildman–Crippen LogP) is 3.52. The Morgan fingerprint density at radius 1 is 1.12 bits per heavy atom. The van der Waals surface area contributed by atoms with Crippen molar-refractivity contribution in [3.05, 3.63) is 48.0 Å². The Kier molecular flexibility index (Phi) is 4.59. The Hall–Kier alpha value is -3.22. The lowest BCUT2D eigenvalue weighted by molar-refractivity contribution is 0.296. The van der Waals surface area contributed by atoms with Gasteiger partial charge in [0.1, 0.15) is 5.75 Å². The quantitative estimate of drug-likeness (QED) is 0.752. The number of methoxy groups -OCH3 is 1. The van der Waals surface area contributed by atoms with Gasteiger partial charge in [0.05, 0.1) is 20.3 Å². The highest BCUT2D eigenvalue weighted by Gasteiger charge is 2.15. The first-order valence-electron chi connectivity index (χ1n) is 8.43. The molecule has 26 heavy (non-hydrogen) atoms. The number of anilines is 1. The number of nitrogens with zero attached hydrogens (tertiary/aromatic N) is 2. The van der Waals surface area contributed by atoms with Gasteiger partial charge in [0.2, 0.25) is 5.82 Å². The van der Waals surface area contributed by atoms with Crippen molar-refractivity contribution in [3.63, 3.8) is 0 Å². The van der Waals surface area contributed by atoms with Crippen LogP contribution in [0.15, 0.2) is 47.0 Å². The Labute approximate surface area is 150 Å². The fourth-order valence-corrected chi connectivity index (χ4v) is 2.74. The summed E-state index contributed by atoms with van der Waals surface area (Å²) in [5.41, 5.74) is 1.80. The monoisotopic (exact) mass is 353 g/mol. The van der Waals surface area contributed by atoms with Crippen molar-refractivity contribution in [3.8, 4) is 28.6 Å². The fourth-order valence-electron chi connectivity index (χ4n) is 2.74. The van der Waals surface area contributed by atoms with Crippen LogP contribution in [0, 0.1) is 0 Å². The van der Waals surface area contributed by atoms with Crippen molar-refractivity contribution in [1.82, 2.24) is 10.1 Å². The number of nitrogens with one attached hydrogen (secondary N) is 1. The minimum Gasteiger partial charge on any atom is -0.497 e.